The Balaban J connectivity index is 1.99. The van der Waals surface area contributed by atoms with E-state index in [1.807, 2.05) is 54.3 Å². The molecule has 2 aromatic rings. The molecule has 0 aliphatic carbocycles. The quantitative estimate of drug-likeness (QED) is 0.870. The Morgan fingerprint density at radius 2 is 1.76 bits per heavy atom. The second kappa shape index (κ2) is 5.09. The molecule has 0 aromatic heterocycles. The highest BCUT2D eigenvalue weighted by molar-refractivity contribution is 6.31. The average molecular weight is 278 g/mol. The molecule has 1 heterocycles. The number of amidine groups is 1. The summed E-state index contributed by atoms with van der Waals surface area (Å²) in [7, 11) is 0. The van der Waals surface area contributed by atoms with Crippen molar-refractivity contribution in [3.05, 3.63) is 71.0 Å². The Kier molecular flexibility index (Phi) is 3.26. The molecule has 0 radical (unpaired) electrons. The number of benzene rings is 2. The lowest BCUT2D eigenvalue weighted by atomic mass is 10.1. The SMILES string of the molecule is Cc1ccc(N2CC(O)=C(c3ccccc3)C2=N)c(C)c1. The van der Waals surface area contributed by atoms with E-state index < -0.39 is 0 Å². The van der Waals surface area contributed by atoms with Crippen LogP contribution in [0.4, 0.5) is 5.69 Å². The molecule has 0 saturated heterocycles. The molecule has 0 spiro atoms. The molecule has 0 amide bonds. The number of nitrogens with one attached hydrogen (secondary N) is 1. The number of hydrogen-bond acceptors (Lipinski definition) is 2. The molecule has 3 nitrogen and oxygen atoms in total. The first-order chi connectivity index (χ1) is 10.1. The van der Waals surface area contributed by atoms with Crippen LogP contribution in [-0.4, -0.2) is 17.5 Å². The number of anilines is 1. The van der Waals surface area contributed by atoms with Crippen LogP contribution in [0.25, 0.3) is 5.57 Å². The first kappa shape index (κ1) is 13.4. The fourth-order valence-electron chi connectivity index (χ4n) is 2.80. The first-order valence-electron chi connectivity index (χ1n) is 6.99. The Morgan fingerprint density at radius 1 is 1.05 bits per heavy atom. The van der Waals surface area contributed by atoms with Crippen molar-refractivity contribution in [1.82, 2.24) is 0 Å². The van der Waals surface area contributed by atoms with Crippen LogP contribution in [0.2, 0.25) is 0 Å². The summed E-state index contributed by atoms with van der Waals surface area (Å²) in [4.78, 5) is 1.85. The van der Waals surface area contributed by atoms with Crippen LogP contribution in [-0.2, 0) is 0 Å². The number of aliphatic hydroxyl groups excluding tert-OH is 1. The van der Waals surface area contributed by atoms with Gasteiger partial charge in [-0.3, -0.25) is 5.41 Å². The number of nitrogens with zero attached hydrogens (tertiary/aromatic N) is 1. The predicted octanol–water partition coefficient (Wildman–Crippen LogP) is 4.07. The van der Waals surface area contributed by atoms with Crippen LogP contribution in [0.15, 0.2) is 54.3 Å². The van der Waals surface area contributed by atoms with Gasteiger partial charge in [-0.1, -0.05) is 48.0 Å². The zero-order chi connectivity index (χ0) is 15.0. The van der Waals surface area contributed by atoms with Crippen LogP contribution >= 0.6 is 0 Å². The number of aliphatic hydroxyl groups is 1. The van der Waals surface area contributed by atoms with Gasteiger partial charge in [0.05, 0.1) is 12.1 Å². The molecule has 106 valence electrons. The van der Waals surface area contributed by atoms with Gasteiger partial charge in [-0.25, -0.2) is 0 Å². The Labute approximate surface area is 124 Å². The van der Waals surface area contributed by atoms with E-state index >= 15 is 0 Å². The molecular formula is C18H18N2O. The highest BCUT2D eigenvalue weighted by Crippen LogP contribution is 2.32. The van der Waals surface area contributed by atoms with E-state index in [0.717, 1.165) is 16.8 Å². The van der Waals surface area contributed by atoms with Gasteiger partial charge in [-0.05, 0) is 31.0 Å². The summed E-state index contributed by atoms with van der Waals surface area (Å²) in [5.41, 5.74) is 4.79. The van der Waals surface area contributed by atoms with Crippen molar-refractivity contribution >= 4 is 17.1 Å². The van der Waals surface area contributed by atoms with Crippen LogP contribution in [0, 0.1) is 19.3 Å². The minimum atomic E-state index is 0.256. The zero-order valence-electron chi connectivity index (χ0n) is 12.2. The standard InChI is InChI=1S/C18H18N2O/c1-12-8-9-15(13(2)10-12)20-11-16(21)17(18(20)19)14-6-4-3-5-7-14/h3-10,19,21H,11H2,1-2H3. The van der Waals surface area contributed by atoms with Gasteiger partial charge in [0.2, 0.25) is 0 Å². The van der Waals surface area contributed by atoms with E-state index in [2.05, 4.69) is 13.0 Å². The maximum atomic E-state index is 10.3. The summed E-state index contributed by atoms with van der Waals surface area (Å²) in [6.07, 6.45) is 0. The minimum Gasteiger partial charge on any atom is -0.510 e. The zero-order valence-corrected chi connectivity index (χ0v) is 12.2. The van der Waals surface area contributed by atoms with E-state index in [9.17, 15) is 5.11 Å². The summed E-state index contributed by atoms with van der Waals surface area (Å²) in [5.74, 6) is 0.608. The largest absolute Gasteiger partial charge is 0.510 e. The van der Waals surface area contributed by atoms with Gasteiger partial charge in [-0.15, -0.1) is 0 Å². The van der Waals surface area contributed by atoms with Gasteiger partial charge in [0.15, 0.2) is 0 Å². The molecule has 3 rings (SSSR count). The molecule has 0 fully saturated rings. The monoisotopic (exact) mass is 278 g/mol. The van der Waals surface area contributed by atoms with Gasteiger partial charge in [-0.2, -0.15) is 0 Å². The smallest absolute Gasteiger partial charge is 0.137 e. The van der Waals surface area contributed by atoms with E-state index in [0.29, 0.717) is 18.0 Å². The maximum Gasteiger partial charge on any atom is 0.137 e. The Hall–Kier alpha value is -2.55. The van der Waals surface area contributed by atoms with E-state index in [1.165, 1.54) is 5.56 Å². The average Bonchev–Trinajstić information content (AvgIpc) is 2.75. The number of aryl methyl sites for hydroxylation is 2. The van der Waals surface area contributed by atoms with Gasteiger partial charge >= 0.3 is 0 Å². The van der Waals surface area contributed by atoms with Crippen LogP contribution in [0.3, 0.4) is 0 Å². The van der Waals surface area contributed by atoms with Crippen LogP contribution in [0.5, 0.6) is 0 Å². The van der Waals surface area contributed by atoms with E-state index in [4.69, 9.17) is 5.41 Å². The van der Waals surface area contributed by atoms with E-state index in [1.54, 1.807) is 0 Å². The van der Waals surface area contributed by atoms with Gasteiger partial charge in [0, 0.05) is 5.69 Å². The molecule has 2 N–H and O–H groups in total. The second-order valence-corrected chi connectivity index (χ2v) is 5.41. The topological polar surface area (TPSA) is 47.3 Å². The van der Waals surface area contributed by atoms with Crippen LogP contribution < -0.4 is 4.90 Å². The van der Waals surface area contributed by atoms with Crippen molar-refractivity contribution in [3.63, 3.8) is 0 Å². The minimum absolute atomic E-state index is 0.256. The Morgan fingerprint density at radius 3 is 2.43 bits per heavy atom. The molecule has 0 atom stereocenters. The summed E-state index contributed by atoms with van der Waals surface area (Å²) in [6, 6.07) is 15.8. The van der Waals surface area contributed by atoms with Gasteiger partial charge in [0.25, 0.3) is 0 Å². The Bertz CT molecular complexity index is 732. The van der Waals surface area contributed by atoms with E-state index in [-0.39, 0.29) is 5.76 Å². The molecule has 3 heteroatoms. The molecule has 0 unspecified atom stereocenters. The van der Waals surface area contributed by atoms with Crippen molar-refractivity contribution in [2.24, 2.45) is 0 Å². The third kappa shape index (κ3) is 2.31. The summed E-state index contributed by atoms with van der Waals surface area (Å²) in [5, 5.41) is 18.7. The molecule has 0 bridgehead atoms. The molecule has 1 aliphatic heterocycles. The lowest BCUT2D eigenvalue weighted by Gasteiger charge is -2.21. The second-order valence-electron chi connectivity index (χ2n) is 5.41. The number of hydrogen-bond donors (Lipinski definition) is 2. The summed E-state index contributed by atoms with van der Waals surface area (Å²) in [6.45, 7) is 4.44. The van der Waals surface area contributed by atoms with Gasteiger partial charge in [0.1, 0.15) is 11.6 Å². The lowest BCUT2D eigenvalue weighted by molar-refractivity contribution is 0.411. The first-order valence-corrected chi connectivity index (χ1v) is 6.99. The normalized spacial score (nSPS) is 15.0. The molecule has 21 heavy (non-hydrogen) atoms. The van der Waals surface area contributed by atoms with Crippen molar-refractivity contribution in [1.29, 1.82) is 5.41 Å². The van der Waals surface area contributed by atoms with Crippen molar-refractivity contribution in [2.45, 2.75) is 13.8 Å². The van der Waals surface area contributed by atoms with Gasteiger partial charge < -0.3 is 10.0 Å². The van der Waals surface area contributed by atoms with Crippen molar-refractivity contribution < 1.29 is 5.11 Å². The van der Waals surface area contributed by atoms with Crippen molar-refractivity contribution in [3.8, 4) is 0 Å². The summed E-state index contributed by atoms with van der Waals surface area (Å²) >= 11 is 0. The summed E-state index contributed by atoms with van der Waals surface area (Å²) < 4.78 is 0. The van der Waals surface area contributed by atoms with Crippen LogP contribution in [0.1, 0.15) is 16.7 Å². The maximum absolute atomic E-state index is 10.3. The fraction of sp³-hybridized carbons (Fsp3) is 0.167. The fourth-order valence-corrected chi connectivity index (χ4v) is 2.80. The highest BCUT2D eigenvalue weighted by atomic mass is 16.3. The van der Waals surface area contributed by atoms with Crippen molar-refractivity contribution in [2.75, 3.05) is 11.4 Å². The molecule has 0 saturated carbocycles. The number of rotatable bonds is 2. The third-order valence-corrected chi connectivity index (χ3v) is 3.81. The third-order valence-electron chi connectivity index (χ3n) is 3.81. The predicted molar refractivity (Wildman–Crippen MR) is 87.0 cm³/mol. The highest BCUT2D eigenvalue weighted by Gasteiger charge is 2.29. The molecular weight excluding hydrogens is 260 g/mol. The molecule has 2 aromatic carbocycles. The lowest BCUT2D eigenvalue weighted by Crippen LogP contribution is -2.26. The molecule has 1 aliphatic rings.